The smallest absolute Gasteiger partial charge is 0.318 e. The highest BCUT2D eigenvalue weighted by Gasteiger charge is 2.25. The molecule has 1 unspecified atom stereocenters. The number of carbonyl (C=O) groups is 2. The number of amides is 1. The summed E-state index contributed by atoms with van der Waals surface area (Å²) in [6.45, 7) is 1.67. The Kier molecular flexibility index (Phi) is 7.78. The summed E-state index contributed by atoms with van der Waals surface area (Å²) in [4.78, 5) is 25.1. The van der Waals surface area contributed by atoms with Crippen LogP contribution in [-0.2, 0) is 20.7 Å². The molecule has 3 aromatic rings. The second-order valence-electron chi connectivity index (χ2n) is 7.35. The van der Waals surface area contributed by atoms with Gasteiger partial charge in [-0.05, 0) is 36.5 Å². The van der Waals surface area contributed by atoms with Crippen molar-refractivity contribution in [2.45, 2.75) is 31.7 Å². The number of benzene rings is 3. The lowest BCUT2D eigenvalue weighted by atomic mass is 9.91. The Labute approximate surface area is 177 Å². The first-order valence-electron chi connectivity index (χ1n) is 10.2. The molecule has 0 aliphatic heterocycles. The molecule has 4 nitrogen and oxygen atoms in total. The molecule has 1 amide bonds. The lowest BCUT2D eigenvalue weighted by Crippen LogP contribution is -2.36. The number of esters is 1. The van der Waals surface area contributed by atoms with Crippen LogP contribution >= 0.6 is 0 Å². The summed E-state index contributed by atoms with van der Waals surface area (Å²) in [5.74, 6) is -1.28. The van der Waals surface area contributed by atoms with Gasteiger partial charge in [0.1, 0.15) is 5.92 Å². The second kappa shape index (κ2) is 11.0. The molecule has 3 rings (SSSR count). The lowest BCUT2D eigenvalue weighted by molar-refractivity contribution is -0.149. The minimum atomic E-state index is -0.560. The number of ether oxygens (including phenoxy) is 1. The molecule has 0 fully saturated rings. The number of aryl methyl sites for hydroxylation is 1. The van der Waals surface area contributed by atoms with Gasteiger partial charge in [0, 0.05) is 6.04 Å². The molecule has 0 radical (unpaired) electrons. The van der Waals surface area contributed by atoms with E-state index in [1.807, 2.05) is 85.8 Å². The van der Waals surface area contributed by atoms with Gasteiger partial charge in [-0.3, -0.25) is 9.59 Å². The van der Waals surface area contributed by atoms with Crippen LogP contribution in [0.1, 0.15) is 36.0 Å². The monoisotopic (exact) mass is 401 g/mol. The molecule has 0 bridgehead atoms. The van der Waals surface area contributed by atoms with Crippen molar-refractivity contribution in [1.29, 1.82) is 0 Å². The van der Waals surface area contributed by atoms with E-state index < -0.39 is 11.9 Å². The van der Waals surface area contributed by atoms with Crippen LogP contribution in [0.3, 0.4) is 0 Å². The highest BCUT2D eigenvalue weighted by atomic mass is 16.5. The van der Waals surface area contributed by atoms with E-state index in [9.17, 15) is 9.59 Å². The largest absolute Gasteiger partial charge is 0.455 e. The minimum Gasteiger partial charge on any atom is -0.455 e. The quantitative estimate of drug-likeness (QED) is 0.537. The van der Waals surface area contributed by atoms with Crippen molar-refractivity contribution in [2.24, 2.45) is 0 Å². The topological polar surface area (TPSA) is 55.4 Å². The van der Waals surface area contributed by atoms with Gasteiger partial charge < -0.3 is 10.1 Å². The molecule has 1 N–H and O–H groups in total. The van der Waals surface area contributed by atoms with E-state index in [-0.39, 0.29) is 18.6 Å². The van der Waals surface area contributed by atoms with E-state index in [2.05, 4.69) is 17.4 Å². The van der Waals surface area contributed by atoms with Gasteiger partial charge in [0.05, 0.1) is 0 Å². The van der Waals surface area contributed by atoms with Gasteiger partial charge in [-0.1, -0.05) is 91.0 Å². The lowest BCUT2D eigenvalue weighted by Gasteiger charge is -2.18. The molecule has 4 heteroatoms. The summed E-state index contributed by atoms with van der Waals surface area (Å²) in [5, 5.41) is 2.91. The molecule has 1 atom stereocenters. The predicted molar refractivity (Wildman–Crippen MR) is 118 cm³/mol. The first-order chi connectivity index (χ1) is 14.6. The maximum atomic E-state index is 12.8. The summed E-state index contributed by atoms with van der Waals surface area (Å²) in [6.07, 6.45) is 1.70. The average Bonchev–Trinajstić information content (AvgIpc) is 2.79. The molecular weight excluding hydrogens is 374 g/mol. The molecule has 0 saturated heterocycles. The molecule has 0 aliphatic rings. The SMILES string of the molecule is CC(CCc1ccccc1)NC(=O)COC(=O)C(c1ccccc1)c1ccccc1. The molecule has 3 aromatic carbocycles. The maximum absolute atomic E-state index is 12.8. The Morgan fingerprint density at radius 3 is 1.83 bits per heavy atom. The number of hydrogen-bond donors (Lipinski definition) is 1. The third kappa shape index (κ3) is 6.31. The van der Waals surface area contributed by atoms with Crippen LogP contribution in [-0.4, -0.2) is 24.5 Å². The molecule has 0 aliphatic carbocycles. The van der Waals surface area contributed by atoms with Crippen molar-refractivity contribution in [1.82, 2.24) is 5.32 Å². The van der Waals surface area contributed by atoms with Crippen molar-refractivity contribution in [3.8, 4) is 0 Å². The van der Waals surface area contributed by atoms with Gasteiger partial charge in [-0.15, -0.1) is 0 Å². The third-order valence-corrected chi connectivity index (χ3v) is 4.96. The van der Waals surface area contributed by atoms with Gasteiger partial charge in [-0.2, -0.15) is 0 Å². The molecule has 0 aromatic heterocycles. The zero-order valence-corrected chi connectivity index (χ0v) is 17.2. The predicted octanol–water partition coefficient (Wildman–Crippen LogP) is 4.50. The number of nitrogens with one attached hydrogen (secondary N) is 1. The van der Waals surface area contributed by atoms with Crippen molar-refractivity contribution in [2.75, 3.05) is 6.61 Å². The van der Waals surface area contributed by atoms with Gasteiger partial charge in [0.15, 0.2) is 6.61 Å². The Bertz CT molecular complexity index is 887. The Balaban J connectivity index is 1.54. The van der Waals surface area contributed by atoms with Crippen LogP contribution < -0.4 is 5.32 Å². The van der Waals surface area contributed by atoms with Crippen LogP contribution in [0.25, 0.3) is 0 Å². The summed E-state index contributed by atoms with van der Waals surface area (Å²) in [5.41, 5.74) is 2.91. The summed E-state index contributed by atoms with van der Waals surface area (Å²) < 4.78 is 5.39. The normalized spacial score (nSPS) is 11.7. The second-order valence-corrected chi connectivity index (χ2v) is 7.35. The van der Waals surface area contributed by atoms with E-state index in [4.69, 9.17) is 4.74 Å². The highest BCUT2D eigenvalue weighted by Crippen LogP contribution is 2.25. The number of carbonyl (C=O) groups excluding carboxylic acids is 2. The molecule has 0 heterocycles. The summed E-state index contributed by atoms with van der Waals surface area (Å²) in [7, 11) is 0. The molecule has 0 spiro atoms. The highest BCUT2D eigenvalue weighted by molar-refractivity contribution is 5.85. The van der Waals surface area contributed by atoms with Crippen molar-refractivity contribution >= 4 is 11.9 Å². The fourth-order valence-corrected chi connectivity index (χ4v) is 3.39. The molecule has 0 saturated carbocycles. The van der Waals surface area contributed by atoms with Crippen LogP contribution in [0, 0.1) is 0 Å². The number of rotatable bonds is 9. The minimum absolute atomic E-state index is 0.00421. The van der Waals surface area contributed by atoms with Gasteiger partial charge in [0.25, 0.3) is 5.91 Å². The van der Waals surface area contributed by atoms with E-state index >= 15 is 0 Å². The first kappa shape index (κ1) is 21.3. The average molecular weight is 402 g/mol. The molecule has 154 valence electrons. The van der Waals surface area contributed by atoms with E-state index in [1.165, 1.54) is 5.56 Å². The fraction of sp³-hybridized carbons (Fsp3) is 0.231. The Hall–Kier alpha value is -3.40. The van der Waals surface area contributed by atoms with Crippen LogP contribution in [0.5, 0.6) is 0 Å². The maximum Gasteiger partial charge on any atom is 0.318 e. The summed E-state index contributed by atoms with van der Waals surface area (Å²) in [6, 6.07) is 29.1. The Morgan fingerprint density at radius 1 is 0.800 bits per heavy atom. The fourth-order valence-electron chi connectivity index (χ4n) is 3.39. The van der Waals surface area contributed by atoms with Crippen LogP contribution in [0.4, 0.5) is 0 Å². The zero-order valence-electron chi connectivity index (χ0n) is 17.2. The van der Waals surface area contributed by atoms with Crippen molar-refractivity contribution < 1.29 is 14.3 Å². The van der Waals surface area contributed by atoms with Crippen LogP contribution in [0.2, 0.25) is 0 Å². The molecular formula is C26H27NO3. The summed E-state index contributed by atoms with van der Waals surface area (Å²) >= 11 is 0. The molecule has 30 heavy (non-hydrogen) atoms. The van der Waals surface area contributed by atoms with Gasteiger partial charge in [0.2, 0.25) is 0 Å². The van der Waals surface area contributed by atoms with E-state index in [0.717, 1.165) is 24.0 Å². The first-order valence-corrected chi connectivity index (χ1v) is 10.2. The van der Waals surface area contributed by atoms with Crippen molar-refractivity contribution in [3.05, 3.63) is 108 Å². The van der Waals surface area contributed by atoms with Gasteiger partial charge >= 0.3 is 5.97 Å². The van der Waals surface area contributed by atoms with E-state index in [0.29, 0.717) is 0 Å². The zero-order chi connectivity index (χ0) is 21.2. The Morgan fingerprint density at radius 2 is 1.30 bits per heavy atom. The van der Waals surface area contributed by atoms with E-state index in [1.54, 1.807) is 0 Å². The van der Waals surface area contributed by atoms with Crippen molar-refractivity contribution in [3.63, 3.8) is 0 Å². The standard InChI is InChI=1S/C26H27NO3/c1-20(17-18-21-11-5-2-6-12-21)27-24(28)19-30-26(29)25(22-13-7-3-8-14-22)23-15-9-4-10-16-23/h2-16,20,25H,17-19H2,1H3,(H,27,28). The van der Waals surface area contributed by atoms with Gasteiger partial charge in [-0.25, -0.2) is 0 Å². The number of hydrogen-bond acceptors (Lipinski definition) is 3. The van der Waals surface area contributed by atoms with Crippen LogP contribution in [0.15, 0.2) is 91.0 Å². The third-order valence-electron chi connectivity index (χ3n) is 4.96.